The fourth-order valence-electron chi connectivity index (χ4n) is 1.90. The average molecular weight is 244 g/mol. The first-order valence-corrected chi connectivity index (χ1v) is 6.28. The lowest BCUT2D eigenvalue weighted by molar-refractivity contribution is -0.132. The van der Waals surface area contributed by atoms with Gasteiger partial charge in [0, 0.05) is 39.8 Å². The Kier molecular flexibility index (Phi) is 7.16. The Morgan fingerprint density at radius 2 is 2.24 bits per heavy atom. The fourth-order valence-corrected chi connectivity index (χ4v) is 1.90. The number of likely N-dealkylation sites (tertiary alicyclic amines) is 1. The van der Waals surface area contributed by atoms with E-state index in [1.54, 1.807) is 12.0 Å². The van der Waals surface area contributed by atoms with Gasteiger partial charge < -0.3 is 19.7 Å². The Balaban J connectivity index is 1.94. The lowest BCUT2D eigenvalue weighted by Gasteiger charge is -2.30. The van der Waals surface area contributed by atoms with Crippen molar-refractivity contribution in [3.8, 4) is 0 Å². The highest BCUT2D eigenvalue weighted by molar-refractivity contribution is 5.76. The minimum absolute atomic E-state index is 0.256. The van der Waals surface area contributed by atoms with Crippen LogP contribution in [0.2, 0.25) is 0 Å². The molecule has 5 nitrogen and oxygen atoms in total. The number of nitrogens with one attached hydrogen (secondary N) is 1. The molecule has 1 saturated heterocycles. The van der Waals surface area contributed by atoms with Gasteiger partial charge >= 0.3 is 0 Å². The van der Waals surface area contributed by atoms with Crippen molar-refractivity contribution in [1.82, 2.24) is 10.2 Å². The van der Waals surface area contributed by atoms with Crippen molar-refractivity contribution in [2.45, 2.75) is 25.3 Å². The van der Waals surface area contributed by atoms with Crippen LogP contribution < -0.4 is 5.32 Å². The molecular formula is C12H24N2O3. The van der Waals surface area contributed by atoms with Crippen LogP contribution in [-0.4, -0.2) is 63.9 Å². The Morgan fingerprint density at radius 3 is 2.94 bits per heavy atom. The van der Waals surface area contributed by atoms with Crippen molar-refractivity contribution in [3.05, 3.63) is 0 Å². The second-order valence-electron chi connectivity index (χ2n) is 4.42. The molecule has 17 heavy (non-hydrogen) atoms. The Morgan fingerprint density at radius 1 is 1.41 bits per heavy atom. The second-order valence-corrected chi connectivity index (χ2v) is 4.42. The van der Waals surface area contributed by atoms with Gasteiger partial charge in [-0.1, -0.05) is 0 Å². The zero-order valence-corrected chi connectivity index (χ0v) is 10.9. The largest absolute Gasteiger partial charge is 0.382 e. The van der Waals surface area contributed by atoms with E-state index in [4.69, 9.17) is 9.47 Å². The molecule has 1 atom stereocenters. The van der Waals surface area contributed by atoms with E-state index in [2.05, 4.69) is 5.32 Å². The van der Waals surface area contributed by atoms with Crippen molar-refractivity contribution >= 4 is 5.91 Å². The number of rotatable bonds is 8. The molecule has 1 N–H and O–H groups in total. The molecule has 0 radical (unpaired) electrons. The van der Waals surface area contributed by atoms with Crippen LogP contribution in [0.25, 0.3) is 0 Å². The zero-order valence-electron chi connectivity index (χ0n) is 10.9. The van der Waals surface area contributed by atoms with E-state index in [-0.39, 0.29) is 5.91 Å². The summed E-state index contributed by atoms with van der Waals surface area (Å²) in [5.41, 5.74) is 0. The molecule has 0 aromatic carbocycles. The molecule has 1 aliphatic heterocycles. The number of piperidine rings is 1. The van der Waals surface area contributed by atoms with Crippen LogP contribution in [0.4, 0.5) is 0 Å². The quantitative estimate of drug-likeness (QED) is 0.622. The summed E-state index contributed by atoms with van der Waals surface area (Å²) in [6.07, 6.45) is 2.62. The molecule has 1 aliphatic rings. The van der Waals surface area contributed by atoms with Gasteiger partial charge in [0.15, 0.2) is 0 Å². The summed E-state index contributed by atoms with van der Waals surface area (Å²) in [5, 5.41) is 3.46. The van der Waals surface area contributed by atoms with Gasteiger partial charge in [0.25, 0.3) is 0 Å². The number of carbonyl (C=O) groups excluding carboxylic acids is 1. The van der Waals surface area contributed by atoms with Crippen LogP contribution >= 0.6 is 0 Å². The smallest absolute Gasteiger partial charge is 0.222 e. The highest BCUT2D eigenvalue weighted by Crippen LogP contribution is 2.09. The highest BCUT2D eigenvalue weighted by atomic mass is 16.5. The summed E-state index contributed by atoms with van der Waals surface area (Å²) in [6, 6.07) is 0.441. The van der Waals surface area contributed by atoms with Gasteiger partial charge in [-0.25, -0.2) is 0 Å². The van der Waals surface area contributed by atoms with E-state index < -0.39 is 0 Å². The molecule has 0 aliphatic carbocycles. The van der Waals surface area contributed by atoms with Crippen LogP contribution in [0.1, 0.15) is 19.3 Å². The molecule has 5 heteroatoms. The highest BCUT2D eigenvalue weighted by Gasteiger charge is 2.21. The summed E-state index contributed by atoms with van der Waals surface area (Å²) in [5.74, 6) is 0.256. The van der Waals surface area contributed by atoms with Gasteiger partial charge in [-0.15, -0.1) is 0 Å². The lowest BCUT2D eigenvalue weighted by atomic mass is 10.1. The normalized spacial score (nSPS) is 20.9. The summed E-state index contributed by atoms with van der Waals surface area (Å²) in [4.78, 5) is 13.1. The molecule has 1 heterocycles. The van der Waals surface area contributed by atoms with Crippen LogP contribution in [0, 0.1) is 0 Å². The molecule has 1 unspecified atom stereocenters. The number of amides is 1. The van der Waals surface area contributed by atoms with E-state index in [1.807, 2.05) is 7.05 Å². The van der Waals surface area contributed by atoms with Crippen LogP contribution in [0.15, 0.2) is 0 Å². The monoisotopic (exact) mass is 244 g/mol. The number of carbonyl (C=O) groups is 1. The molecule has 0 saturated carbocycles. The van der Waals surface area contributed by atoms with Gasteiger partial charge in [-0.05, 0) is 19.4 Å². The predicted molar refractivity (Wildman–Crippen MR) is 66.0 cm³/mol. The van der Waals surface area contributed by atoms with Crippen LogP contribution in [-0.2, 0) is 14.3 Å². The van der Waals surface area contributed by atoms with Crippen LogP contribution in [0.5, 0.6) is 0 Å². The first-order valence-electron chi connectivity index (χ1n) is 6.28. The van der Waals surface area contributed by atoms with Crippen LogP contribution in [0.3, 0.4) is 0 Å². The third-order valence-electron chi connectivity index (χ3n) is 2.96. The van der Waals surface area contributed by atoms with Gasteiger partial charge in [0.2, 0.25) is 5.91 Å². The number of hydrogen-bond donors (Lipinski definition) is 1. The van der Waals surface area contributed by atoms with Gasteiger partial charge in [-0.3, -0.25) is 4.79 Å². The summed E-state index contributed by atoms with van der Waals surface area (Å²) in [6.45, 7) is 3.85. The van der Waals surface area contributed by atoms with Gasteiger partial charge in [0.1, 0.15) is 0 Å². The van der Waals surface area contributed by atoms with Crippen molar-refractivity contribution < 1.29 is 14.3 Å². The third kappa shape index (κ3) is 6.00. The van der Waals surface area contributed by atoms with Gasteiger partial charge in [-0.2, -0.15) is 0 Å². The summed E-state index contributed by atoms with van der Waals surface area (Å²) in [7, 11) is 3.54. The van der Waals surface area contributed by atoms with Crippen molar-refractivity contribution in [3.63, 3.8) is 0 Å². The maximum atomic E-state index is 11.3. The standard InChI is InChI=1S/C12H24N2O3/c1-14-10-11(4-5-12(14)15)13-6-3-7-17-9-8-16-2/h11,13H,3-10H2,1-2H3. The minimum atomic E-state index is 0.256. The minimum Gasteiger partial charge on any atom is -0.382 e. The Bertz CT molecular complexity index is 224. The first-order chi connectivity index (χ1) is 8.24. The van der Waals surface area contributed by atoms with E-state index in [0.717, 1.165) is 32.5 Å². The molecule has 0 aromatic rings. The Hall–Kier alpha value is -0.650. The molecule has 1 amide bonds. The predicted octanol–water partition coefficient (Wildman–Crippen LogP) is 0.250. The Labute approximate surface area is 103 Å². The molecule has 1 fully saturated rings. The molecule has 0 bridgehead atoms. The number of methoxy groups -OCH3 is 1. The van der Waals surface area contributed by atoms with Crippen molar-refractivity contribution in [2.75, 3.05) is 47.1 Å². The molecule has 100 valence electrons. The van der Waals surface area contributed by atoms with Crippen molar-refractivity contribution in [1.29, 1.82) is 0 Å². The lowest BCUT2D eigenvalue weighted by Crippen LogP contribution is -2.46. The van der Waals surface area contributed by atoms with E-state index >= 15 is 0 Å². The number of ether oxygens (including phenoxy) is 2. The van der Waals surface area contributed by atoms with Crippen molar-refractivity contribution in [2.24, 2.45) is 0 Å². The maximum absolute atomic E-state index is 11.3. The number of nitrogens with zero attached hydrogens (tertiary/aromatic N) is 1. The molecule has 0 aromatic heterocycles. The van der Waals surface area contributed by atoms with E-state index in [9.17, 15) is 4.79 Å². The molecule has 0 spiro atoms. The molecular weight excluding hydrogens is 220 g/mol. The van der Waals surface area contributed by atoms with Gasteiger partial charge in [0.05, 0.1) is 13.2 Å². The number of likely N-dealkylation sites (N-methyl/N-ethyl adjacent to an activating group) is 1. The SMILES string of the molecule is COCCOCCCNC1CCC(=O)N(C)C1. The number of hydrogen-bond acceptors (Lipinski definition) is 4. The summed E-state index contributed by atoms with van der Waals surface area (Å²) >= 11 is 0. The average Bonchev–Trinajstić information content (AvgIpc) is 2.32. The second kappa shape index (κ2) is 8.44. The summed E-state index contributed by atoms with van der Waals surface area (Å²) < 4.78 is 10.3. The first kappa shape index (κ1) is 14.4. The maximum Gasteiger partial charge on any atom is 0.222 e. The van der Waals surface area contributed by atoms with E-state index in [1.165, 1.54) is 0 Å². The van der Waals surface area contributed by atoms with E-state index in [0.29, 0.717) is 25.7 Å². The third-order valence-corrected chi connectivity index (χ3v) is 2.96. The topological polar surface area (TPSA) is 50.8 Å². The fraction of sp³-hybridized carbons (Fsp3) is 0.917. The zero-order chi connectivity index (χ0) is 12.5. The molecule has 1 rings (SSSR count).